The fourth-order valence-corrected chi connectivity index (χ4v) is 3.77. The minimum absolute atomic E-state index is 0.0841. The van der Waals surface area contributed by atoms with Crippen LogP contribution in [0.1, 0.15) is 33.4 Å². The van der Waals surface area contributed by atoms with Gasteiger partial charge >= 0.3 is 0 Å². The zero-order chi connectivity index (χ0) is 19.3. The third kappa shape index (κ3) is 2.36. The Labute approximate surface area is 160 Å². The lowest BCUT2D eigenvalue weighted by Gasteiger charge is -2.24. The molecule has 0 unspecified atom stereocenters. The monoisotopic (exact) mass is 368 g/mol. The summed E-state index contributed by atoms with van der Waals surface area (Å²) < 4.78 is 5.91. The first kappa shape index (κ1) is 16.4. The third-order valence-corrected chi connectivity index (χ3v) is 5.01. The molecule has 4 aromatic rings. The van der Waals surface area contributed by atoms with Crippen molar-refractivity contribution in [3.63, 3.8) is 0 Å². The van der Waals surface area contributed by atoms with Crippen LogP contribution >= 0.6 is 0 Å². The quantitative estimate of drug-likeness (QED) is 0.531. The lowest BCUT2D eigenvalue weighted by Crippen LogP contribution is -2.30. The summed E-state index contributed by atoms with van der Waals surface area (Å²) in [5, 5.41) is 0.467. The van der Waals surface area contributed by atoms with Crippen molar-refractivity contribution in [3.05, 3.63) is 106 Å². The van der Waals surface area contributed by atoms with E-state index in [2.05, 4.69) is 4.98 Å². The molecule has 0 saturated carbocycles. The molecule has 0 radical (unpaired) electrons. The van der Waals surface area contributed by atoms with Gasteiger partial charge in [-0.3, -0.25) is 14.5 Å². The largest absolute Gasteiger partial charge is 0.450 e. The van der Waals surface area contributed by atoms with Crippen LogP contribution in [0.5, 0.6) is 0 Å². The zero-order valence-corrected chi connectivity index (χ0v) is 15.1. The molecule has 5 rings (SSSR count). The van der Waals surface area contributed by atoms with E-state index in [1.54, 1.807) is 35.2 Å². The van der Waals surface area contributed by atoms with Gasteiger partial charge in [-0.1, -0.05) is 48.5 Å². The SMILES string of the molecule is Cc1cccc(N2C(=O)c3oc4ccccc4c(=O)c3[C@@H]2c2ccccc2)n1. The van der Waals surface area contributed by atoms with Gasteiger partial charge in [0.05, 0.1) is 17.0 Å². The Balaban J connectivity index is 1.83. The smallest absolute Gasteiger partial charge is 0.296 e. The minimum Gasteiger partial charge on any atom is -0.450 e. The number of carbonyl (C=O) groups excluding carboxylic acids is 1. The van der Waals surface area contributed by atoms with Crippen LogP contribution in [0.15, 0.2) is 82.0 Å². The number of nitrogens with zero attached hydrogens (tertiary/aromatic N) is 2. The molecule has 2 aromatic carbocycles. The molecule has 0 saturated heterocycles. The fourth-order valence-electron chi connectivity index (χ4n) is 3.77. The maximum atomic E-state index is 13.3. The number of rotatable bonds is 2. The molecule has 2 aromatic heterocycles. The van der Waals surface area contributed by atoms with E-state index in [9.17, 15) is 9.59 Å². The van der Waals surface area contributed by atoms with E-state index in [1.807, 2.05) is 49.4 Å². The Bertz CT molecular complexity index is 1280. The number of hydrogen-bond acceptors (Lipinski definition) is 4. The summed E-state index contributed by atoms with van der Waals surface area (Å²) in [6.07, 6.45) is 0. The zero-order valence-electron chi connectivity index (χ0n) is 15.1. The Morgan fingerprint density at radius 1 is 0.893 bits per heavy atom. The predicted molar refractivity (Wildman–Crippen MR) is 107 cm³/mol. The molecule has 5 heteroatoms. The van der Waals surface area contributed by atoms with E-state index in [4.69, 9.17) is 4.42 Å². The number of aromatic nitrogens is 1. The van der Waals surface area contributed by atoms with E-state index < -0.39 is 6.04 Å². The maximum absolute atomic E-state index is 13.3. The number of anilines is 1. The van der Waals surface area contributed by atoms with Crippen molar-refractivity contribution in [2.24, 2.45) is 0 Å². The second-order valence-corrected chi connectivity index (χ2v) is 6.80. The average Bonchev–Trinajstić information content (AvgIpc) is 3.02. The molecule has 5 nitrogen and oxygen atoms in total. The molecule has 3 heterocycles. The van der Waals surface area contributed by atoms with Gasteiger partial charge in [0.15, 0.2) is 5.43 Å². The lowest BCUT2D eigenvalue weighted by atomic mass is 9.98. The molecule has 28 heavy (non-hydrogen) atoms. The van der Waals surface area contributed by atoms with Crippen molar-refractivity contribution in [1.82, 2.24) is 4.98 Å². The predicted octanol–water partition coefficient (Wildman–Crippen LogP) is 4.25. The molecule has 1 aliphatic heterocycles. The molecule has 0 aliphatic carbocycles. The van der Waals surface area contributed by atoms with Gasteiger partial charge in [-0.25, -0.2) is 4.98 Å². The molecule has 1 aliphatic rings. The lowest BCUT2D eigenvalue weighted by molar-refractivity contribution is 0.0970. The molecule has 1 atom stereocenters. The summed E-state index contributed by atoms with van der Waals surface area (Å²) in [5.41, 5.74) is 2.20. The summed E-state index contributed by atoms with van der Waals surface area (Å²) in [7, 11) is 0. The Hall–Kier alpha value is -3.73. The number of pyridine rings is 1. The minimum atomic E-state index is -0.584. The highest BCUT2D eigenvalue weighted by Crippen LogP contribution is 2.40. The summed E-state index contributed by atoms with van der Waals surface area (Å²) in [6.45, 7) is 1.87. The van der Waals surface area contributed by atoms with Crippen LogP contribution in [0, 0.1) is 6.92 Å². The van der Waals surface area contributed by atoms with Crippen molar-refractivity contribution in [2.75, 3.05) is 4.90 Å². The van der Waals surface area contributed by atoms with Gasteiger partial charge < -0.3 is 4.42 Å². The average molecular weight is 368 g/mol. The number of aryl methyl sites for hydroxylation is 1. The van der Waals surface area contributed by atoms with Gasteiger partial charge in [0.25, 0.3) is 5.91 Å². The number of amides is 1. The van der Waals surface area contributed by atoms with Crippen molar-refractivity contribution < 1.29 is 9.21 Å². The standard InChI is InChI=1S/C23H16N2O3/c1-14-8-7-13-18(24-14)25-20(15-9-3-2-4-10-15)19-21(26)16-11-5-6-12-17(16)28-22(19)23(25)27/h2-13,20H,1H3/t20-/m0/s1. The van der Waals surface area contributed by atoms with Gasteiger partial charge in [-0.2, -0.15) is 0 Å². The second-order valence-electron chi connectivity index (χ2n) is 6.80. The van der Waals surface area contributed by atoms with Crippen molar-refractivity contribution in [1.29, 1.82) is 0 Å². The molecule has 0 spiro atoms. The molecule has 0 fully saturated rings. The highest BCUT2D eigenvalue weighted by atomic mass is 16.3. The van der Waals surface area contributed by atoms with Gasteiger partial charge in [0.1, 0.15) is 11.4 Å². The van der Waals surface area contributed by atoms with Crippen LogP contribution in [0.4, 0.5) is 5.82 Å². The van der Waals surface area contributed by atoms with Crippen molar-refractivity contribution >= 4 is 22.7 Å². The topological polar surface area (TPSA) is 63.4 Å². The van der Waals surface area contributed by atoms with Gasteiger partial charge in [-0.15, -0.1) is 0 Å². The summed E-state index contributed by atoms with van der Waals surface area (Å²) in [6, 6.07) is 21.4. The first-order valence-electron chi connectivity index (χ1n) is 9.03. The number of benzene rings is 2. The van der Waals surface area contributed by atoms with Gasteiger partial charge in [0, 0.05) is 5.69 Å². The number of hydrogen-bond donors (Lipinski definition) is 0. The van der Waals surface area contributed by atoms with E-state index in [-0.39, 0.29) is 17.1 Å². The summed E-state index contributed by atoms with van der Waals surface area (Å²) in [5.74, 6) is 0.222. The van der Waals surface area contributed by atoms with E-state index >= 15 is 0 Å². The summed E-state index contributed by atoms with van der Waals surface area (Å²) in [4.78, 5) is 32.8. The van der Waals surface area contributed by atoms with Crippen LogP contribution in [0.3, 0.4) is 0 Å². The van der Waals surface area contributed by atoms with Crippen LogP contribution in [0.25, 0.3) is 11.0 Å². The van der Waals surface area contributed by atoms with E-state index in [0.717, 1.165) is 11.3 Å². The van der Waals surface area contributed by atoms with Gasteiger partial charge in [-0.05, 0) is 36.8 Å². The molecular formula is C23H16N2O3. The van der Waals surface area contributed by atoms with Crippen molar-refractivity contribution in [2.45, 2.75) is 13.0 Å². The Morgan fingerprint density at radius 2 is 1.64 bits per heavy atom. The fraction of sp³-hybridized carbons (Fsp3) is 0.0870. The number of fused-ring (bicyclic) bond motifs is 2. The van der Waals surface area contributed by atoms with E-state index in [0.29, 0.717) is 22.4 Å². The van der Waals surface area contributed by atoms with Crippen LogP contribution in [-0.4, -0.2) is 10.9 Å². The molecular weight excluding hydrogens is 352 g/mol. The molecule has 136 valence electrons. The second kappa shape index (κ2) is 6.16. The first-order valence-corrected chi connectivity index (χ1v) is 9.03. The third-order valence-electron chi connectivity index (χ3n) is 5.01. The normalized spacial score (nSPS) is 15.8. The highest BCUT2D eigenvalue weighted by molar-refractivity contribution is 6.10. The van der Waals surface area contributed by atoms with Crippen molar-refractivity contribution in [3.8, 4) is 0 Å². The van der Waals surface area contributed by atoms with Crippen LogP contribution in [0.2, 0.25) is 0 Å². The number of carbonyl (C=O) groups is 1. The number of para-hydroxylation sites is 1. The summed E-state index contributed by atoms with van der Waals surface area (Å²) >= 11 is 0. The molecule has 0 bridgehead atoms. The van der Waals surface area contributed by atoms with Crippen LogP contribution in [-0.2, 0) is 0 Å². The maximum Gasteiger partial charge on any atom is 0.296 e. The molecule has 1 amide bonds. The van der Waals surface area contributed by atoms with Crippen LogP contribution < -0.4 is 10.3 Å². The first-order chi connectivity index (χ1) is 13.6. The van der Waals surface area contributed by atoms with E-state index in [1.165, 1.54) is 0 Å². The molecule has 0 N–H and O–H groups in total. The Kier molecular flexibility index (Phi) is 3.62. The highest BCUT2D eigenvalue weighted by Gasteiger charge is 2.44. The Morgan fingerprint density at radius 3 is 2.43 bits per heavy atom. The van der Waals surface area contributed by atoms with Gasteiger partial charge in [0.2, 0.25) is 5.76 Å².